The van der Waals surface area contributed by atoms with Gasteiger partial charge in [0.1, 0.15) is 0 Å². The van der Waals surface area contributed by atoms with Gasteiger partial charge in [-0.15, -0.1) is 0 Å². The van der Waals surface area contributed by atoms with Crippen LogP contribution in [0.3, 0.4) is 0 Å². The van der Waals surface area contributed by atoms with E-state index in [-0.39, 0.29) is 25.7 Å². The van der Waals surface area contributed by atoms with Gasteiger partial charge < -0.3 is 37.9 Å². The lowest BCUT2D eigenvalue weighted by molar-refractivity contribution is -0.0761. The summed E-state index contributed by atoms with van der Waals surface area (Å²) in [5, 5.41) is 0. The van der Waals surface area contributed by atoms with Crippen molar-refractivity contribution in [2.45, 2.75) is 14.9 Å². The Balaban J connectivity index is -0.000000192. The Bertz CT molecular complexity index is 202. The van der Waals surface area contributed by atoms with Crippen molar-refractivity contribution in [2.24, 2.45) is 10.8 Å². The molecule has 0 aliphatic carbocycles. The van der Waals surface area contributed by atoms with Crippen LogP contribution in [0.15, 0.2) is 0 Å². The highest BCUT2D eigenvalue weighted by molar-refractivity contribution is 4.79. The molecule has 0 aromatic carbocycles. The Hall–Kier alpha value is -0.320. The molecule has 0 spiro atoms. The first kappa shape index (κ1) is 35.1. The summed E-state index contributed by atoms with van der Waals surface area (Å²) in [6.45, 7) is 4.58. The van der Waals surface area contributed by atoms with Crippen molar-refractivity contribution in [3.63, 3.8) is 0 Å². The van der Waals surface area contributed by atoms with Crippen LogP contribution in [0.25, 0.3) is 0 Å². The van der Waals surface area contributed by atoms with Gasteiger partial charge in [-0.25, -0.2) is 0 Å². The number of methoxy groups -OCH3 is 8. The van der Waals surface area contributed by atoms with Crippen LogP contribution in [-0.2, 0) is 37.9 Å². The summed E-state index contributed by atoms with van der Waals surface area (Å²) in [6.07, 6.45) is 0. The summed E-state index contributed by atoms with van der Waals surface area (Å²) in [4.78, 5) is 0. The Morgan fingerprint density at radius 2 is 0.429 bits per heavy atom. The van der Waals surface area contributed by atoms with Gasteiger partial charge in [0.15, 0.2) is 0 Å². The molecule has 0 bridgehead atoms. The molecular weight excluding hydrogens is 368 g/mol. The molecule has 0 heterocycles. The first-order valence-electron chi connectivity index (χ1n) is 8.40. The number of rotatable bonds is 16. The lowest BCUT2D eigenvalue weighted by Crippen LogP contribution is -2.40. The maximum Gasteiger partial charge on any atom is 0.0637 e. The van der Waals surface area contributed by atoms with Gasteiger partial charge in [0.2, 0.25) is 0 Å². The minimum absolute atomic E-state index is 0. The van der Waals surface area contributed by atoms with E-state index in [0.717, 1.165) is 0 Å². The average Bonchev–Trinajstić information content (AvgIpc) is 2.57. The smallest absolute Gasteiger partial charge is 0.0637 e. The van der Waals surface area contributed by atoms with Crippen molar-refractivity contribution < 1.29 is 37.9 Å². The Morgan fingerprint density at radius 1 is 0.321 bits per heavy atom. The maximum absolute atomic E-state index is 5.12. The normalized spacial score (nSPS) is 11.1. The van der Waals surface area contributed by atoms with Crippen LogP contribution in [-0.4, -0.2) is 110 Å². The molecule has 8 heteroatoms. The molecule has 0 amide bonds. The fraction of sp³-hybridized carbons (Fsp3) is 1.00. The molecule has 0 fully saturated rings. The predicted molar refractivity (Wildman–Crippen MR) is 113 cm³/mol. The minimum Gasteiger partial charge on any atom is -0.384 e. The van der Waals surface area contributed by atoms with E-state index in [9.17, 15) is 0 Å². The summed E-state index contributed by atoms with van der Waals surface area (Å²) in [7, 11) is 13.3. The van der Waals surface area contributed by atoms with Crippen LogP contribution in [0, 0.1) is 10.8 Å². The van der Waals surface area contributed by atoms with Crippen molar-refractivity contribution in [3.05, 3.63) is 0 Å². The molecule has 0 aromatic rings. The quantitative estimate of drug-likeness (QED) is 0.380. The van der Waals surface area contributed by atoms with E-state index in [1.165, 1.54) is 0 Å². The van der Waals surface area contributed by atoms with Crippen molar-refractivity contribution in [3.8, 4) is 0 Å². The zero-order chi connectivity index (χ0) is 20.3. The maximum atomic E-state index is 5.12. The summed E-state index contributed by atoms with van der Waals surface area (Å²) < 4.78 is 41.0. The molecule has 0 rings (SSSR count). The van der Waals surface area contributed by atoms with Crippen LogP contribution in [0.4, 0.5) is 0 Å². The highest BCUT2D eigenvalue weighted by Crippen LogP contribution is 2.19. The van der Waals surface area contributed by atoms with Gasteiger partial charge in [-0.3, -0.25) is 0 Å². The molecule has 0 unspecified atom stereocenters. The van der Waals surface area contributed by atoms with Gasteiger partial charge in [-0.05, 0) is 0 Å². The van der Waals surface area contributed by atoms with Crippen LogP contribution in [0.2, 0.25) is 0 Å². The van der Waals surface area contributed by atoms with Crippen LogP contribution < -0.4 is 0 Å². The van der Waals surface area contributed by atoms with E-state index in [0.29, 0.717) is 52.9 Å². The molecule has 0 aliphatic rings. The van der Waals surface area contributed by atoms with E-state index < -0.39 is 0 Å². The molecule has 28 heavy (non-hydrogen) atoms. The summed E-state index contributed by atoms with van der Waals surface area (Å²) in [5.74, 6) is 0. The van der Waals surface area contributed by atoms with Gasteiger partial charge >= 0.3 is 0 Å². The van der Waals surface area contributed by atoms with Crippen LogP contribution in [0.1, 0.15) is 14.9 Å². The Morgan fingerprint density at radius 3 is 0.500 bits per heavy atom. The fourth-order valence-electron chi connectivity index (χ4n) is 2.95. The highest BCUT2D eigenvalue weighted by atomic mass is 16.5. The molecule has 0 aliphatic heterocycles. The molecule has 8 nitrogen and oxygen atoms in total. The first-order chi connectivity index (χ1) is 12.5. The van der Waals surface area contributed by atoms with Crippen LogP contribution in [0.5, 0.6) is 0 Å². The molecule has 0 atom stereocenters. The lowest BCUT2D eigenvalue weighted by Gasteiger charge is -2.30. The summed E-state index contributed by atoms with van der Waals surface area (Å²) in [5.41, 5.74) is -0.375. The van der Waals surface area contributed by atoms with Crippen LogP contribution >= 0.6 is 0 Å². The van der Waals surface area contributed by atoms with Crippen molar-refractivity contribution in [1.82, 2.24) is 0 Å². The van der Waals surface area contributed by atoms with Gasteiger partial charge in [0.25, 0.3) is 0 Å². The molecule has 0 saturated heterocycles. The predicted octanol–water partition coefficient (Wildman–Crippen LogP) is 2.39. The zero-order valence-corrected chi connectivity index (χ0v) is 17.9. The number of ether oxygens (including phenoxy) is 8. The first-order valence-corrected chi connectivity index (χ1v) is 8.40. The lowest BCUT2D eigenvalue weighted by atomic mass is 9.92. The van der Waals surface area contributed by atoms with Crippen molar-refractivity contribution in [2.75, 3.05) is 110 Å². The van der Waals surface area contributed by atoms with E-state index in [2.05, 4.69) is 0 Å². The van der Waals surface area contributed by atoms with Crippen molar-refractivity contribution in [1.29, 1.82) is 0 Å². The SMILES string of the molecule is C.C.COCC(COC)(COC)COC.COCC(COC)(COC)COC. The third-order valence-corrected chi connectivity index (χ3v) is 3.60. The second-order valence-electron chi connectivity index (χ2n) is 6.46. The number of hydrogen-bond donors (Lipinski definition) is 0. The largest absolute Gasteiger partial charge is 0.384 e. The topological polar surface area (TPSA) is 73.8 Å². The standard InChI is InChI=1S/2C9H20O4.2CH4/c2*1-10-5-9(6-11-2,7-12-3)8-13-4;;/h2*5-8H2,1-4H3;2*1H4. The highest BCUT2D eigenvalue weighted by Gasteiger charge is 2.31. The second kappa shape index (κ2) is 23.0. The minimum atomic E-state index is -0.188. The second-order valence-corrected chi connectivity index (χ2v) is 6.46. The molecule has 0 aromatic heterocycles. The van der Waals surface area contributed by atoms with E-state index in [1.54, 1.807) is 56.9 Å². The Labute approximate surface area is 174 Å². The molecule has 0 N–H and O–H groups in total. The van der Waals surface area contributed by atoms with E-state index in [1.807, 2.05) is 0 Å². The van der Waals surface area contributed by atoms with Crippen molar-refractivity contribution >= 4 is 0 Å². The van der Waals surface area contributed by atoms with Gasteiger partial charge in [-0.2, -0.15) is 0 Å². The van der Waals surface area contributed by atoms with Gasteiger partial charge in [0, 0.05) is 56.9 Å². The number of hydrogen-bond acceptors (Lipinski definition) is 8. The molecule has 0 saturated carbocycles. The van der Waals surface area contributed by atoms with Gasteiger partial charge in [0.05, 0.1) is 63.7 Å². The Kier molecular flexibility index (Phi) is 28.8. The third kappa shape index (κ3) is 15.6. The van der Waals surface area contributed by atoms with E-state index in [4.69, 9.17) is 37.9 Å². The molecular formula is C20H48O8. The molecule has 0 radical (unpaired) electrons. The van der Waals surface area contributed by atoms with E-state index >= 15 is 0 Å². The summed E-state index contributed by atoms with van der Waals surface area (Å²) >= 11 is 0. The zero-order valence-electron chi connectivity index (χ0n) is 17.9. The average molecular weight is 417 g/mol. The third-order valence-electron chi connectivity index (χ3n) is 3.60. The monoisotopic (exact) mass is 416 g/mol. The van der Waals surface area contributed by atoms with Gasteiger partial charge in [-0.1, -0.05) is 14.9 Å². The fourth-order valence-corrected chi connectivity index (χ4v) is 2.95. The summed E-state index contributed by atoms with van der Waals surface area (Å²) in [6, 6.07) is 0. The molecule has 176 valence electrons.